The monoisotopic (exact) mass is 349 g/mol. The predicted molar refractivity (Wildman–Crippen MR) is 101 cm³/mol. The first-order chi connectivity index (χ1) is 12.7. The van der Waals surface area contributed by atoms with Crippen molar-refractivity contribution in [3.05, 3.63) is 60.4 Å². The van der Waals surface area contributed by atoms with Gasteiger partial charge in [0, 0.05) is 19.0 Å². The lowest BCUT2D eigenvalue weighted by molar-refractivity contribution is -0.139. The Bertz CT molecular complexity index is 849. The Labute approximate surface area is 153 Å². The fraction of sp³-hybridized carbons (Fsp3) is 0.333. The summed E-state index contributed by atoms with van der Waals surface area (Å²) in [4.78, 5) is 22.7. The number of aromatic amines is 1. The van der Waals surface area contributed by atoms with Gasteiger partial charge in [-0.3, -0.25) is 4.79 Å². The van der Waals surface area contributed by atoms with Crippen LogP contribution in [0.3, 0.4) is 0 Å². The summed E-state index contributed by atoms with van der Waals surface area (Å²) in [6.07, 6.45) is 1.37. The molecule has 1 saturated heterocycles. The van der Waals surface area contributed by atoms with E-state index in [0.717, 1.165) is 48.5 Å². The molecule has 5 heteroatoms. The number of rotatable bonds is 4. The summed E-state index contributed by atoms with van der Waals surface area (Å²) >= 11 is 0. The number of H-pyrrole nitrogens is 1. The average Bonchev–Trinajstić information content (AvgIpc) is 3.12. The molecule has 0 bridgehead atoms. The second-order valence-electron chi connectivity index (χ2n) is 6.81. The van der Waals surface area contributed by atoms with Crippen molar-refractivity contribution in [3.8, 4) is 5.75 Å². The Morgan fingerprint density at radius 2 is 1.81 bits per heavy atom. The van der Waals surface area contributed by atoms with Crippen LogP contribution in [0.15, 0.2) is 54.6 Å². The number of aromatic nitrogens is 2. The van der Waals surface area contributed by atoms with E-state index in [-0.39, 0.29) is 5.91 Å². The predicted octanol–water partition coefficient (Wildman–Crippen LogP) is 3.74. The number of hydrogen-bond donors (Lipinski definition) is 1. The number of ether oxygens (including phenoxy) is 1. The zero-order valence-corrected chi connectivity index (χ0v) is 14.9. The van der Waals surface area contributed by atoms with Crippen LogP contribution < -0.4 is 4.74 Å². The maximum absolute atomic E-state index is 12.7. The van der Waals surface area contributed by atoms with Crippen molar-refractivity contribution < 1.29 is 9.53 Å². The van der Waals surface area contributed by atoms with Gasteiger partial charge in [-0.25, -0.2) is 4.98 Å². The molecule has 1 aliphatic rings. The molecule has 2 heterocycles. The number of fused-ring (bicyclic) bond motifs is 1. The van der Waals surface area contributed by atoms with Gasteiger partial charge < -0.3 is 14.6 Å². The summed E-state index contributed by atoms with van der Waals surface area (Å²) < 4.78 is 5.77. The smallest absolute Gasteiger partial charge is 0.263 e. The Kier molecular flexibility index (Phi) is 4.61. The van der Waals surface area contributed by atoms with Gasteiger partial charge in [0.1, 0.15) is 11.6 Å². The summed E-state index contributed by atoms with van der Waals surface area (Å²) in [5.74, 6) is 2.19. The molecule has 2 aromatic carbocycles. The van der Waals surface area contributed by atoms with Crippen LogP contribution >= 0.6 is 0 Å². The first-order valence-electron chi connectivity index (χ1n) is 9.16. The first-order valence-corrected chi connectivity index (χ1v) is 9.16. The fourth-order valence-electron chi connectivity index (χ4n) is 3.55. The van der Waals surface area contributed by atoms with Gasteiger partial charge in [-0.05, 0) is 44.0 Å². The minimum Gasteiger partial charge on any atom is -0.481 e. The van der Waals surface area contributed by atoms with E-state index >= 15 is 0 Å². The van der Waals surface area contributed by atoms with Crippen LogP contribution in [0.4, 0.5) is 0 Å². The normalized spacial score (nSPS) is 16.6. The van der Waals surface area contributed by atoms with Gasteiger partial charge in [-0.15, -0.1) is 0 Å². The van der Waals surface area contributed by atoms with Crippen LogP contribution in [0.1, 0.15) is 31.5 Å². The lowest BCUT2D eigenvalue weighted by Gasteiger charge is -2.32. The van der Waals surface area contributed by atoms with Crippen LogP contribution in [0.2, 0.25) is 0 Å². The minimum atomic E-state index is -0.472. The van der Waals surface area contributed by atoms with Crippen molar-refractivity contribution in [1.82, 2.24) is 14.9 Å². The molecule has 5 nitrogen and oxygen atoms in total. The number of piperidine rings is 1. The van der Waals surface area contributed by atoms with Crippen molar-refractivity contribution in [2.75, 3.05) is 13.1 Å². The molecule has 0 unspecified atom stereocenters. The molecular formula is C21H23N3O2. The van der Waals surface area contributed by atoms with E-state index in [9.17, 15) is 4.79 Å². The molecule has 1 fully saturated rings. The Morgan fingerprint density at radius 1 is 1.12 bits per heavy atom. The third kappa shape index (κ3) is 3.43. The topological polar surface area (TPSA) is 58.2 Å². The number of nitrogens with zero attached hydrogens (tertiary/aromatic N) is 2. The Balaban J connectivity index is 1.36. The van der Waals surface area contributed by atoms with Gasteiger partial charge in [-0.1, -0.05) is 30.3 Å². The van der Waals surface area contributed by atoms with Gasteiger partial charge in [0.15, 0.2) is 6.10 Å². The molecule has 1 atom stereocenters. The highest BCUT2D eigenvalue weighted by Crippen LogP contribution is 2.28. The van der Waals surface area contributed by atoms with Gasteiger partial charge in [0.05, 0.1) is 11.0 Å². The zero-order chi connectivity index (χ0) is 17.9. The van der Waals surface area contributed by atoms with Crippen molar-refractivity contribution in [3.63, 3.8) is 0 Å². The van der Waals surface area contributed by atoms with E-state index in [1.807, 2.05) is 66.4 Å². The van der Waals surface area contributed by atoms with E-state index in [4.69, 9.17) is 9.72 Å². The average molecular weight is 349 g/mol. The molecule has 1 aromatic heterocycles. The molecule has 0 spiro atoms. The summed E-state index contributed by atoms with van der Waals surface area (Å²) in [6, 6.07) is 17.6. The van der Waals surface area contributed by atoms with Crippen molar-refractivity contribution in [2.45, 2.75) is 31.8 Å². The van der Waals surface area contributed by atoms with Crippen LogP contribution in [-0.2, 0) is 4.79 Å². The van der Waals surface area contributed by atoms with Crippen LogP contribution in [0, 0.1) is 0 Å². The highest BCUT2D eigenvalue weighted by molar-refractivity contribution is 5.81. The van der Waals surface area contributed by atoms with E-state index in [1.165, 1.54) is 0 Å². The highest BCUT2D eigenvalue weighted by Gasteiger charge is 2.28. The number of benzene rings is 2. The Morgan fingerprint density at radius 3 is 2.54 bits per heavy atom. The van der Waals surface area contributed by atoms with Crippen LogP contribution in [-0.4, -0.2) is 40.0 Å². The molecule has 0 saturated carbocycles. The number of para-hydroxylation sites is 3. The number of hydrogen-bond acceptors (Lipinski definition) is 3. The maximum Gasteiger partial charge on any atom is 0.263 e. The minimum absolute atomic E-state index is 0.0527. The maximum atomic E-state index is 12.7. The molecule has 4 rings (SSSR count). The molecule has 3 aromatic rings. The van der Waals surface area contributed by atoms with E-state index in [2.05, 4.69) is 4.98 Å². The molecule has 134 valence electrons. The fourth-order valence-corrected chi connectivity index (χ4v) is 3.55. The molecule has 1 amide bonds. The standard InChI is InChI=1S/C21H23N3O2/c1-15(26-17-7-3-2-4-8-17)21(25)24-13-11-16(12-14-24)20-22-18-9-5-6-10-19(18)23-20/h2-10,15-16H,11-14H2,1H3,(H,22,23)/t15-/m1/s1. The second kappa shape index (κ2) is 7.20. The quantitative estimate of drug-likeness (QED) is 0.781. The summed E-state index contributed by atoms with van der Waals surface area (Å²) in [6.45, 7) is 3.30. The largest absolute Gasteiger partial charge is 0.481 e. The van der Waals surface area contributed by atoms with Crippen molar-refractivity contribution in [2.24, 2.45) is 0 Å². The number of nitrogens with one attached hydrogen (secondary N) is 1. The van der Waals surface area contributed by atoms with Gasteiger partial charge in [-0.2, -0.15) is 0 Å². The lowest BCUT2D eigenvalue weighted by Crippen LogP contribution is -2.44. The SMILES string of the molecule is C[C@@H](Oc1ccccc1)C(=O)N1CCC(c2nc3ccccc3[nH]2)CC1. The highest BCUT2D eigenvalue weighted by atomic mass is 16.5. The number of carbonyl (C=O) groups excluding carboxylic acids is 1. The summed E-state index contributed by atoms with van der Waals surface area (Å²) in [5.41, 5.74) is 2.08. The van der Waals surface area contributed by atoms with E-state index < -0.39 is 6.10 Å². The number of imidazole rings is 1. The molecule has 0 radical (unpaired) electrons. The molecule has 1 N–H and O–H groups in total. The van der Waals surface area contributed by atoms with Gasteiger partial charge in [0.2, 0.25) is 0 Å². The molecule has 0 aliphatic carbocycles. The number of amides is 1. The van der Waals surface area contributed by atoms with Crippen LogP contribution in [0.5, 0.6) is 5.75 Å². The number of likely N-dealkylation sites (tertiary alicyclic amines) is 1. The second-order valence-corrected chi connectivity index (χ2v) is 6.81. The lowest BCUT2D eigenvalue weighted by atomic mass is 9.96. The Hall–Kier alpha value is -2.82. The number of carbonyl (C=O) groups is 1. The van der Waals surface area contributed by atoms with Gasteiger partial charge >= 0.3 is 0 Å². The first kappa shape index (κ1) is 16.6. The molecular weight excluding hydrogens is 326 g/mol. The molecule has 26 heavy (non-hydrogen) atoms. The third-order valence-electron chi connectivity index (χ3n) is 5.00. The zero-order valence-electron chi connectivity index (χ0n) is 14.9. The van der Waals surface area contributed by atoms with Crippen LogP contribution in [0.25, 0.3) is 11.0 Å². The summed E-state index contributed by atoms with van der Waals surface area (Å²) in [5, 5.41) is 0. The van der Waals surface area contributed by atoms with E-state index in [0.29, 0.717) is 5.92 Å². The van der Waals surface area contributed by atoms with E-state index in [1.54, 1.807) is 0 Å². The summed E-state index contributed by atoms with van der Waals surface area (Å²) in [7, 11) is 0. The van der Waals surface area contributed by atoms with Gasteiger partial charge in [0.25, 0.3) is 5.91 Å². The van der Waals surface area contributed by atoms with Crippen molar-refractivity contribution in [1.29, 1.82) is 0 Å². The van der Waals surface area contributed by atoms with Crippen molar-refractivity contribution >= 4 is 16.9 Å². The third-order valence-corrected chi connectivity index (χ3v) is 5.00. The molecule has 1 aliphatic heterocycles.